The molecule has 1 nitrogen and oxygen atoms in total. The van der Waals surface area contributed by atoms with Gasteiger partial charge in [0.25, 0.3) is 0 Å². The van der Waals surface area contributed by atoms with E-state index in [-0.39, 0.29) is 5.82 Å². The third-order valence-corrected chi connectivity index (χ3v) is 2.05. The van der Waals surface area contributed by atoms with E-state index in [4.69, 9.17) is 11.6 Å². The lowest BCUT2D eigenvalue weighted by molar-refractivity contribution is 0.634. The molecule has 1 heterocycles. The van der Waals surface area contributed by atoms with E-state index in [0.717, 1.165) is 0 Å². The summed E-state index contributed by atoms with van der Waals surface area (Å²) in [7, 11) is 0. The highest BCUT2D eigenvalue weighted by Gasteiger charge is 2.04. The van der Waals surface area contributed by atoms with E-state index in [1.807, 2.05) is 0 Å². The van der Waals surface area contributed by atoms with Crippen LogP contribution in [-0.2, 0) is 0 Å². The summed E-state index contributed by atoms with van der Waals surface area (Å²) in [6, 6.07) is 4.86. The summed E-state index contributed by atoms with van der Waals surface area (Å²) < 4.78 is 13.4. The maximum atomic E-state index is 13.4. The van der Waals surface area contributed by atoms with Gasteiger partial charge in [-0.3, -0.25) is 4.98 Å². The molecule has 65 valence electrons. The van der Waals surface area contributed by atoms with Crippen LogP contribution in [0.15, 0.2) is 24.4 Å². The predicted molar refractivity (Wildman–Crippen MR) is 51.2 cm³/mol. The second-order valence-electron chi connectivity index (χ2n) is 2.76. The first kappa shape index (κ1) is 8.45. The molecule has 0 saturated carbocycles. The van der Waals surface area contributed by atoms with Crippen molar-refractivity contribution in [3.05, 3.63) is 47.7 Å². The first-order valence-corrected chi connectivity index (χ1v) is 4.12. The average molecular weight is 195 g/mol. The molecule has 1 aromatic heterocycles. The summed E-state index contributed by atoms with van der Waals surface area (Å²) in [6.07, 6.45) is 1.49. The van der Waals surface area contributed by atoms with Crippen LogP contribution in [0.1, 0.15) is 5.56 Å². The van der Waals surface area contributed by atoms with Gasteiger partial charge < -0.3 is 0 Å². The quantitative estimate of drug-likeness (QED) is 0.628. The van der Waals surface area contributed by atoms with Crippen molar-refractivity contribution < 1.29 is 4.39 Å². The topological polar surface area (TPSA) is 12.9 Å². The highest BCUT2D eigenvalue weighted by Crippen LogP contribution is 2.21. The summed E-state index contributed by atoms with van der Waals surface area (Å²) in [5.41, 5.74) is 0.950. The second kappa shape index (κ2) is 2.96. The molecule has 0 aliphatic heterocycles. The Labute approximate surface area is 80.2 Å². The highest BCUT2D eigenvalue weighted by molar-refractivity contribution is 6.31. The molecule has 2 rings (SSSR count). The van der Waals surface area contributed by atoms with Crippen molar-refractivity contribution in [2.75, 3.05) is 0 Å². The number of benzene rings is 1. The second-order valence-corrected chi connectivity index (χ2v) is 3.20. The van der Waals surface area contributed by atoms with E-state index in [9.17, 15) is 4.39 Å². The smallest absolute Gasteiger partial charge is 0.135 e. The molecule has 0 amide bonds. The minimum Gasteiger partial charge on any atom is -0.255 e. The predicted octanol–water partition coefficient (Wildman–Crippen LogP) is 3.21. The van der Waals surface area contributed by atoms with Crippen LogP contribution < -0.4 is 0 Å². The number of hydrogen-bond donors (Lipinski definition) is 0. The summed E-state index contributed by atoms with van der Waals surface area (Å²) >= 11 is 5.69. The van der Waals surface area contributed by atoms with Crippen molar-refractivity contribution in [3.8, 4) is 0 Å². The van der Waals surface area contributed by atoms with Crippen molar-refractivity contribution in [2.45, 2.75) is 0 Å². The van der Waals surface area contributed by atoms with Crippen LogP contribution in [0.4, 0.5) is 4.39 Å². The summed E-state index contributed by atoms with van der Waals surface area (Å²) in [4.78, 5) is 3.98. The average Bonchev–Trinajstić information content (AvgIpc) is 2.12. The van der Waals surface area contributed by atoms with E-state index >= 15 is 0 Å². The summed E-state index contributed by atoms with van der Waals surface area (Å²) in [6.45, 7) is 3.55. The molecule has 13 heavy (non-hydrogen) atoms. The molecular weight excluding hydrogens is 189 g/mol. The molecule has 1 aromatic carbocycles. The molecule has 0 fully saturated rings. The first-order chi connectivity index (χ1) is 6.18. The zero-order chi connectivity index (χ0) is 9.42. The van der Waals surface area contributed by atoms with Crippen LogP contribution in [0.3, 0.4) is 0 Å². The molecule has 0 saturated heterocycles. The van der Waals surface area contributed by atoms with Gasteiger partial charge >= 0.3 is 0 Å². The maximum absolute atomic E-state index is 13.4. The Bertz CT molecular complexity index is 462. The lowest BCUT2D eigenvalue weighted by atomic mass is 10.1. The molecule has 0 N–H and O–H groups in total. The number of pyridine rings is 1. The molecule has 0 aliphatic rings. The van der Waals surface area contributed by atoms with Gasteiger partial charge in [0.2, 0.25) is 0 Å². The molecule has 3 heteroatoms. The normalized spacial score (nSPS) is 10.7. The SMILES string of the molecule is [CH2]c1ccc2ncc(Cl)cc2c1F. The van der Waals surface area contributed by atoms with Gasteiger partial charge in [0.05, 0.1) is 10.5 Å². The lowest BCUT2D eigenvalue weighted by Gasteiger charge is -2.01. The zero-order valence-corrected chi connectivity index (χ0v) is 7.48. The largest absolute Gasteiger partial charge is 0.255 e. The van der Waals surface area contributed by atoms with E-state index in [1.165, 1.54) is 6.20 Å². The fraction of sp³-hybridized carbons (Fsp3) is 0. The monoisotopic (exact) mass is 194 g/mol. The van der Waals surface area contributed by atoms with Crippen LogP contribution in [0, 0.1) is 12.7 Å². The molecule has 0 spiro atoms. The third-order valence-electron chi connectivity index (χ3n) is 1.85. The van der Waals surface area contributed by atoms with Crippen LogP contribution in [0.5, 0.6) is 0 Å². The van der Waals surface area contributed by atoms with Gasteiger partial charge in [-0.2, -0.15) is 0 Å². The lowest BCUT2D eigenvalue weighted by Crippen LogP contribution is -1.86. The van der Waals surface area contributed by atoms with E-state index in [2.05, 4.69) is 11.9 Å². The molecule has 0 aliphatic carbocycles. The van der Waals surface area contributed by atoms with E-state index in [0.29, 0.717) is 21.5 Å². The van der Waals surface area contributed by atoms with Crippen molar-refractivity contribution in [2.24, 2.45) is 0 Å². The van der Waals surface area contributed by atoms with Crippen molar-refractivity contribution in [3.63, 3.8) is 0 Å². The van der Waals surface area contributed by atoms with Crippen molar-refractivity contribution in [1.29, 1.82) is 0 Å². The minimum absolute atomic E-state index is 0.354. The van der Waals surface area contributed by atoms with Crippen molar-refractivity contribution in [1.82, 2.24) is 4.98 Å². The van der Waals surface area contributed by atoms with Gasteiger partial charge in [-0.25, -0.2) is 4.39 Å². The summed E-state index contributed by atoms with van der Waals surface area (Å²) in [5.74, 6) is -0.354. The number of rotatable bonds is 0. The van der Waals surface area contributed by atoms with Crippen LogP contribution in [0.2, 0.25) is 5.02 Å². The number of fused-ring (bicyclic) bond motifs is 1. The van der Waals surface area contributed by atoms with Crippen LogP contribution in [-0.4, -0.2) is 4.98 Å². The molecule has 2 aromatic rings. The number of nitrogens with zero attached hydrogens (tertiary/aromatic N) is 1. The van der Waals surface area contributed by atoms with Crippen LogP contribution in [0.25, 0.3) is 10.9 Å². The van der Waals surface area contributed by atoms with Gasteiger partial charge in [-0.05, 0) is 24.6 Å². The maximum Gasteiger partial charge on any atom is 0.135 e. The fourth-order valence-corrected chi connectivity index (χ4v) is 1.34. The van der Waals surface area contributed by atoms with E-state index < -0.39 is 0 Å². The molecule has 0 unspecified atom stereocenters. The van der Waals surface area contributed by atoms with Gasteiger partial charge in [-0.1, -0.05) is 17.7 Å². The highest BCUT2D eigenvalue weighted by atomic mass is 35.5. The Hall–Kier alpha value is -1.15. The molecule has 0 atom stereocenters. The molecule has 0 bridgehead atoms. The molecular formula is C10H6ClFN. The van der Waals surface area contributed by atoms with Gasteiger partial charge in [-0.15, -0.1) is 0 Å². The third kappa shape index (κ3) is 1.38. The van der Waals surface area contributed by atoms with Gasteiger partial charge in [0, 0.05) is 11.6 Å². The Morgan fingerprint density at radius 2 is 2.15 bits per heavy atom. The number of aromatic nitrogens is 1. The van der Waals surface area contributed by atoms with Crippen molar-refractivity contribution >= 4 is 22.5 Å². The van der Waals surface area contributed by atoms with Crippen LogP contribution >= 0.6 is 11.6 Å². The first-order valence-electron chi connectivity index (χ1n) is 3.74. The summed E-state index contributed by atoms with van der Waals surface area (Å²) in [5, 5.41) is 0.844. The standard InChI is InChI=1S/C10H6ClFN/c1-6-2-3-9-8(10(6)12)4-7(11)5-13-9/h2-5H,1H2. The van der Waals surface area contributed by atoms with E-state index in [1.54, 1.807) is 18.2 Å². The Morgan fingerprint density at radius 3 is 2.92 bits per heavy atom. The Balaban J connectivity index is 2.89. The van der Waals surface area contributed by atoms with Gasteiger partial charge in [0.1, 0.15) is 5.82 Å². The fourth-order valence-electron chi connectivity index (χ4n) is 1.18. The zero-order valence-electron chi connectivity index (χ0n) is 6.72. The number of hydrogen-bond acceptors (Lipinski definition) is 1. The van der Waals surface area contributed by atoms with Gasteiger partial charge in [0.15, 0.2) is 0 Å². The Morgan fingerprint density at radius 1 is 1.38 bits per heavy atom. The molecule has 1 radical (unpaired) electrons. The number of halogens is 2. The minimum atomic E-state index is -0.354. The Kier molecular flexibility index (Phi) is 1.93.